The van der Waals surface area contributed by atoms with Crippen molar-refractivity contribution in [2.45, 2.75) is 20.8 Å². The number of hydrogen-bond acceptors (Lipinski definition) is 3. The summed E-state index contributed by atoms with van der Waals surface area (Å²) in [5, 5.41) is 2.74. The lowest BCUT2D eigenvalue weighted by molar-refractivity contribution is 0.101. The predicted molar refractivity (Wildman–Crippen MR) is 72.6 cm³/mol. The van der Waals surface area contributed by atoms with Crippen LogP contribution in [0.15, 0.2) is 34.7 Å². The van der Waals surface area contributed by atoms with Crippen molar-refractivity contribution in [2.24, 2.45) is 0 Å². The minimum atomic E-state index is -0.275. The summed E-state index contributed by atoms with van der Waals surface area (Å²) in [6.07, 6.45) is 0. The van der Waals surface area contributed by atoms with Crippen molar-refractivity contribution in [3.05, 3.63) is 53.0 Å². The van der Waals surface area contributed by atoms with Crippen LogP contribution in [0.1, 0.15) is 39.2 Å². The molecule has 0 unspecified atom stereocenters. The Bertz CT molecular complexity index is 641. The molecule has 1 amide bonds. The van der Waals surface area contributed by atoms with E-state index in [0.717, 1.165) is 0 Å². The van der Waals surface area contributed by atoms with Crippen LogP contribution in [0.5, 0.6) is 0 Å². The zero-order chi connectivity index (χ0) is 14.0. The molecule has 0 atom stereocenters. The lowest BCUT2D eigenvalue weighted by atomic mass is 10.1. The third-order valence-electron chi connectivity index (χ3n) is 2.84. The molecule has 2 aromatic rings. The Morgan fingerprint density at radius 1 is 1.11 bits per heavy atom. The van der Waals surface area contributed by atoms with E-state index in [-0.39, 0.29) is 11.7 Å². The summed E-state index contributed by atoms with van der Waals surface area (Å²) in [5.74, 6) is 0.886. The maximum absolute atomic E-state index is 12.1. The maximum Gasteiger partial charge on any atom is 0.259 e. The van der Waals surface area contributed by atoms with Gasteiger partial charge in [-0.15, -0.1) is 0 Å². The van der Waals surface area contributed by atoms with Crippen LogP contribution in [0, 0.1) is 13.8 Å². The normalized spacial score (nSPS) is 10.3. The molecule has 2 rings (SSSR count). The van der Waals surface area contributed by atoms with Crippen molar-refractivity contribution in [3.8, 4) is 0 Å². The SMILES string of the molecule is CC(=O)c1ccccc1NC(=O)c1cc(C)oc1C. The van der Waals surface area contributed by atoms with Crippen LogP contribution < -0.4 is 5.32 Å². The molecule has 0 saturated carbocycles. The first kappa shape index (κ1) is 13.1. The Morgan fingerprint density at radius 2 is 1.79 bits per heavy atom. The fraction of sp³-hybridized carbons (Fsp3) is 0.200. The molecule has 4 nitrogen and oxygen atoms in total. The first-order valence-electron chi connectivity index (χ1n) is 5.97. The van der Waals surface area contributed by atoms with E-state index in [4.69, 9.17) is 4.42 Å². The molecule has 0 saturated heterocycles. The second-order valence-electron chi connectivity index (χ2n) is 4.38. The van der Waals surface area contributed by atoms with E-state index < -0.39 is 0 Å². The number of carbonyl (C=O) groups is 2. The van der Waals surface area contributed by atoms with Crippen LogP contribution in [0.2, 0.25) is 0 Å². The lowest BCUT2D eigenvalue weighted by Gasteiger charge is -2.08. The fourth-order valence-corrected chi connectivity index (χ4v) is 1.95. The summed E-state index contributed by atoms with van der Waals surface area (Å²) in [5.41, 5.74) is 1.49. The van der Waals surface area contributed by atoms with E-state index in [1.165, 1.54) is 6.92 Å². The fourth-order valence-electron chi connectivity index (χ4n) is 1.95. The number of carbonyl (C=O) groups excluding carboxylic acids is 2. The molecule has 0 radical (unpaired) electrons. The van der Waals surface area contributed by atoms with Gasteiger partial charge >= 0.3 is 0 Å². The van der Waals surface area contributed by atoms with Crippen LogP contribution in [-0.2, 0) is 0 Å². The van der Waals surface area contributed by atoms with Crippen LogP contribution in [-0.4, -0.2) is 11.7 Å². The summed E-state index contributed by atoms with van der Waals surface area (Å²) in [4.78, 5) is 23.6. The van der Waals surface area contributed by atoms with Gasteiger partial charge in [0.25, 0.3) is 5.91 Å². The first-order chi connectivity index (χ1) is 8.99. The van der Waals surface area contributed by atoms with Crippen LogP contribution in [0.25, 0.3) is 0 Å². The van der Waals surface area contributed by atoms with Crippen LogP contribution >= 0.6 is 0 Å². The zero-order valence-electron chi connectivity index (χ0n) is 11.1. The zero-order valence-corrected chi connectivity index (χ0v) is 11.1. The van der Waals surface area contributed by atoms with Crippen LogP contribution in [0.4, 0.5) is 5.69 Å². The molecule has 1 aromatic carbocycles. The number of furan rings is 1. The molecule has 0 aliphatic heterocycles. The molecule has 0 spiro atoms. The van der Waals surface area contributed by atoms with Gasteiger partial charge < -0.3 is 9.73 Å². The maximum atomic E-state index is 12.1. The number of hydrogen-bond donors (Lipinski definition) is 1. The minimum Gasteiger partial charge on any atom is -0.466 e. The Kier molecular flexibility index (Phi) is 3.51. The number of benzene rings is 1. The van der Waals surface area contributed by atoms with Gasteiger partial charge in [0.15, 0.2) is 5.78 Å². The topological polar surface area (TPSA) is 59.3 Å². The van der Waals surface area contributed by atoms with Crippen molar-refractivity contribution >= 4 is 17.4 Å². The van der Waals surface area contributed by atoms with Crippen molar-refractivity contribution < 1.29 is 14.0 Å². The number of ketones is 1. The number of para-hydroxylation sites is 1. The molecule has 1 heterocycles. The van der Waals surface area contributed by atoms with Crippen LogP contribution in [0.3, 0.4) is 0 Å². The molecule has 0 fully saturated rings. The minimum absolute atomic E-state index is 0.0870. The molecule has 4 heteroatoms. The smallest absolute Gasteiger partial charge is 0.259 e. The quantitative estimate of drug-likeness (QED) is 0.858. The summed E-state index contributed by atoms with van der Waals surface area (Å²) < 4.78 is 5.32. The number of nitrogens with one attached hydrogen (secondary N) is 1. The van der Waals surface area contributed by atoms with Gasteiger partial charge in [0.1, 0.15) is 11.5 Å². The summed E-state index contributed by atoms with van der Waals surface area (Å²) in [6, 6.07) is 8.61. The van der Waals surface area contributed by atoms with Crippen molar-refractivity contribution in [1.29, 1.82) is 0 Å². The van der Waals surface area contributed by atoms with E-state index in [1.54, 1.807) is 44.2 Å². The number of aryl methyl sites for hydroxylation is 2. The highest BCUT2D eigenvalue weighted by Crippen LogP contribution is 2.19. The van der Waals surface area contributed by atoms with Crippen molar-refractivity contribution in [3.63, 3.8) is 0 Å². The Morgan fingerprint density at radius 3 is 2.37 bits per heavy atom. The predicted octanol–water partition coefficient (Wildman–Crippen LogP) is 3.35. The second-order valence-corrected chi connectivity index (χ2v) is 4.38. The van der Waals surface area contributed by atoms with Gasteiger partial charge in [0.2, 0.25) is 0 Å². The largest absolute Gasteiger partial charge is 0.466 e. The molecule has 19 heavy (non-hydrogen) atoms. The van der Waals surface area contributed by atoms with Gasteiger partial charge in [-0.05, 0) is 39.0 Å². The first-order valence-corrected chi connectivity index (χ1v) is 5.97. The second kappa shape index (κ2) is 5.10. The van der Waals surface area contributed by atoms with E-state index in [1.807, 2.05) is 0 Å². The number of amides is 1. The van der Waals surface area contributed by atoms with Gasteiger partial charge in [0.05, 0.1) is 11.3 Å². The molecular weight excluding hydrogens is 242 g/mol. The highest BCUT2D eigenvalue weighted by atomic mass is 16.3. The van der Waals surface area contributed by atoms with E-state index in [0.29, 0.717) is 28.3 Å². The summed E-state index contributed by atoms with van der Waals surface area (Å²) in [6.45, 7) is 4.99. The average Bonchev–Trinajstić information content (AvgIpc) is 2.69. The van der Waals surface area contributed by atoms with E-state index in [9.17, 15) is 9.59 Å². The number of rotatable bonds is 3. The monoisotopic (exact) mass is 257 g/mol. The molecule has 1 aromatic heterocycles. The van der Waals surface area contributed by atoms with Gasteiger partial charge in [-0.2, -0.15) is 0 Å². The van der Waals surface area contributed by atoms with Crippen molar-refractivity contribution in [1.82, 2.24) is 0 Å². The third-order valence-corrected chi connectivity index (χ3v) is 2.84. The van der Waals surface area contributed by atoms with Gasteiger partial charge in [-0.1, -0.05) is 12.1 Å². The van der Waals surface area contributed by atoms with Gasteiger partial charge in [0, 0.05) is 5.56 Å². The Balaban J connectivity index is 2.29. The van der Waals surface area contributed by atoms with Gasteiger partial charge in [-0.25, -0.2) is 0 Å². The standard InChI is InChI=1S/C15H15NO3/c1-9-8-13(11(3)19-9)15(18)16-14-7-5-4-6-12(14)10(2)17/h4-8H,1-3H3,(H,16,18). The molecule has 98 valence electrons. The average molecular weight is 257 g/mol. The highest BCUT2D eigenvalue weighted by molar-refractivity contribution is 6.09. The number of anilines is 1. The lowest BCUT2D eigenvalue weighted by Crippen LogP contribution is -2.14. The Labute approximate surface area is 111 Å². The molecule has 0 aliphatic rings. The van der Waals surface area contributed by atoms with Gasteiger partial charge in [-0.3, -0.25) is 9.59 Å². The third kappa shape index (κ3) is 2.73. The highest BCUT2D eigenvalue weighted by Gasteiger charge is 2.15. The van der Waals surface area contributed by atoms with E-state index in [2.05, 4.69) is 5.32 Å². The molecule has 0 aliphatic carbocycles. The van der Waals surface area contributed by atoms with E-state index >= 15 is 0 Å². The number of Topliss-reactive ketones (excluding diaryl/α,β-unsaturated/α-hetero) is 1. The Hall–Kier alpha value is -2.36. The summed E-state index contributed by atoms with van der Waals surface area (Å²) in [7, 11) is 0. The molecule has 1 N–H and O–H groups in total. The molecule has 0 bridgehead atoms. The summed E-state index contributed by atoms with van der Waals surface area (Å²) >= 11 is 0. The molecular formula is C15H15NO3. The van der Waals surface area contributed by atoms with Crippen molar-refractivity contribution in [2.75, 3.05) is 5.32 Å².